The molecule has 0 saturated heterocycles. The minimum atomic E-state index is -0.955. The minimum absolute atomic E-state index is 0.284. The summed E-state index contributed by atoms with van der Waals surface area (Å²) < 4.78 is 16.6. The predicted octanol–water partition coefficient (Wildman–Crippen LogP) is 4.53. The van der Waals surface area contributed by atoms with Gasteiger partial charge in [-0.3, -0.25) is 14.4 Å². The largest absolute Gasteiger partial charge is 0.497 e. The first kappa shape index (κ1) is 28.5. The normalized spacial score (nSPS) is 10.6. The molecule has 10 nitrogen and oxygen atoms in total. The molecule has 0 radical (unpaired) electrons. The number of anilines is 2. The Hall–Kier alpha value is -4.09. The van der Waals surface area contributed by atoms with Crippen molar-refractivity contribution in [1.82, 2.24) is 5.43 Å². The van der Waals surface area contributed by atoms with E-state index in [1.54, 1.807) is 54.6 Å². The van der Waals surface area contributed by atoms with E-state index in [4.69, 9.17) is 25.8 Å². The number of carbonyl (C=O) groups excluding carboxylic acids is 3. The third kappa shape index (κ3) is 7.95. The van der Waals surface area contributed by atoms with Crippen molar-refractivity contribution in [2.75, 3.05) is 31.5 Å². The van der Waals surface area contributed by atoms with Gasteiger partial charge in [0, 0.05) is 16.4 Å². The summed E-state index contributed by atoms with van der Waals surface area (Å²) in [5, 5.41) is 9.53. The fourth-order valence-corrected chi connectivity index (χ4v) is 3.83. The molecule has 3 rings (SSSR count). The van der Waals surface area contributed by atoms with E-state index >= 15 is 0 Å². The van der Waals surface area contributed by atoms with Gasteiger partial charge in [-0.25, -0.2) is 5.43 Å². The standard InChI is InChI=1S/C26H24BrClN4O6/c1-15-4-5-17(28)12-21(15)31-23(33)14-38-24-20(27)10-16(11-22(24)37-3)13-29-32-26(35)25(34)30-18-6-8-19(36-2)9-7-18/h4-13H,14H2,1-3H3,(H,30,34)(H,31,33)(H,32,35)/b29-13-. The molecule has 0 atom stereocenters. The average Bonchev–Trinajstić information content (AvgIpc) is 2.90. The SMILES string of the molecule is COc1ccc(NC(=O)C(=O)N/N=C\c2cc(Br)c(OCC(=O)Nc3cc(Cl)ccc3C)c(OC)c2)cc1. The molecule has 0 aliphatic heterocycles. The van der Waals surface area contributed by atoms with Gasteiger partial charge in [-0.15, -0.1) is 0 Å². The van der Waals surface area contributed by atoms with E-state index in [2.05, 4.69) is 37.1 Å². The molecule has 0 fully saturated rings. The van der Waals surface area contributed by atoms with Crippen molar-refractivity contribution in [3.05, 3.63) is 75.2 Å². The number of methoxy groups -OCH3 is 2. The Morgan fingerprint density at radius 2 is 1.71 bits per heavy atom. The maximum atomic E-state index is 12.4. The van der Waals surface area contributed by atoms with E-state index in [-0.39, 0.29) is 12.5 Å². The van der Waals surface area contributed by atoms with Gasteiger partial charge in [-0.2, -0.15) is 5.10 Å². The topological polar surface area (TPSA) is 127 Å². The van der Waals surface area contributed by atoms with Crippen LogP contribution in [-0.2, 0) is 14.4 Å². The molecule has 0 heterocycles. The minimum Gasteiger partial charge on any atom is -0.497 e. The van der Waals surface area contributed by atoms with E-state index in [0.29, 0.717) is 43.7 Å². The molecule has 198 valence electrons. The number of ether oxygens (including phenoxy) is 3. The summed E-state index contributed by atoms with van der Waals surface area (Å²) in [6.07, 6.45) is 1.32. The quantitative estimate of drug-likeness (QED) is 0.187. The molecular weight excluding hydrogens is 580 g/mol. The second-order valence-corrected chi connectivity index (χ2v) is 9.00. The maximum Gasteiger partial charge on any atom is 0.329 e. The monoisotopic (exact) mass is 602 g/mol. The number of amides is 3. The molecule has 12 heteroatoms. The van der Waals surface area contributed by atoms with Crippen molar-refractivity contribution < 1.29 is 28.6 Å². The molecule has 3 amide bonds. The first-order valence-electron chi connectivity index (χ1n) is 11.0. The van der Waals surface area contributed by atoms with E-state index in [1.165, 1.54) is 20.4 Å². The van der Waals surface area contributed by atoms with Crippen LogP contribution in [0.2, 0.25) is 5.02 Å². The summed E-state index contributed by atoms with van der Waals surface area (Å²) in [6.45, 7) is 1.57. The number of halogens is 2. The molecule has 0 aromatic heterocycles. The van der Waals surface area contributed by atoms with Gasteiger partial charge in [-0.05, 0) is 82.5 Å². The third-order valence-corrected chi connectivity index (χ3v) is 5.83. The van der Waals surface area contributed by atoms with Gasteiger partial charge in [0.15, 0.2) is 18.1 Å². The number of aryl methyl sites for hydroxylation is 1. The Kier molecular flexibility index (Phi) is 10.1. The molecule has 0 bridgehead atoms. The highest BCUT2D eigenvalue weighted by atomic mass is 79.9. The van der Waals surface area contributed by atoms with Crippen molar-refractivity contribution >= 4 is 62.8 Å². The first-order valence-corrected chi connectivity index (χ1v) is 12.2. The smallest absolute Gasteiger partial charge is 0.329 e. The summed E-state index contributed by atoms with van der Waals surface area (Å²) >= 11 is 9.39. The lowest BCUT2D eigenvalue weighted by Crippen LogP contribution is -2.32. The van der Waals surface area contributed by atoms with E-state index in [0.717, 1.165) is 5.56 Å². The van der Waals surface area contributed by atoms with E-state index in [1.807, 2.05) is 6.92 Å². The Morgan fingerprint density at radius 3 is 2.39 bits per heavy atom. The first-order chi connectivity index (χ1) is 18.2. The second-order valence-electron chi connectivity index (χ2n) is 7.71. The van der Waals surface area contributed by atoms with Crippen molar-refractivity contribution in [1.29, 1.82) is 0 Å². The van der Waals surface area contributed by atoms with Crippen molar-refractivity contribution in [3.8, 4) is 17.2 Å². The van der Waals surface area contributed by atoms with Crippen LogP contribution >= 0.6 is 27.5 Å². The number of hydrazone groups is 1. The van der Waals surface area contributed by atoms with Crippen LogP contribution in [-0.4, -0.2) is 44.8 Å². The van der Waals surface area contributed by atoms with Crippen LogP contribution < -0.4 is 30.3 Å². The summed E-state index contributed by atoms with van der Waals surface area (Å²) in [5.74, 6) is -0.997. The number of rotatable bonds is 9. The maximum absolute atomic E-state index is 12.4. The molecule has 0 aliphatic rings. The highest BCUT2D eigenvalue weighted by molar-refractivity contribution is 9.10. The lowest BCUT2D eigenvalue weighted by Gasteiger charge is -2.14. The van der Waals surface area contributed by atoms with Gasteiger partial charge >= 0.3 is 11.8 Å². The molecule has 0 aliphatic carbocycles. The van der Waals surface area contributed by atoms with Crippen LogP contribution in [0, 0.1) is 6.92 Å². The number of benzene rings is 3. The fraction of sp³-hybridized carbons (Fsp3) is 0.154. The molecule has 0 spiro atoms. The lowest BCUT2D eigenvalue weighted by atomic mass is 10.2. The van der Waals surface area contributed by atoms with Gasteiger partial charge in [0.25, 0.3) is 5.91 Å². The van der Waals surface area contributed by atoms with E-state index in [9.17, 15) is 14.4 Å². The average molecular weight is 604 g/mol. The lowest BCUT2D eigenvalue weighted by molar-refractivity contribution is -0.136. The summed E-state index contributed by atoms with van der Waals surface area (Å²) in [7, 11) is 2.97. The summed E-state index contributed by atoms with van der Waals surface area (Å²) in [6, 6.07) is 14.9. The van der Waals surface area contributed by atoms with Gasteiger partial charge in [-0.1, -0.05) is 17.7 Å². The van der Waals surface area contributed by atoms with Crippen LogP contribution in [0.4, 0.5) is 11.4 Å². The third-order valence-electron chi connectivity index (χ3n) is 5.01. The Labute approximate surface area is 232 Å². The van der Waals surface area contributed by atoms with Crippen LogP contribution in [0.5, 0.6) is 17.2 Å². The molecule has 0 saturated carbocycles. The van der Waals surface area contributed by atoms with E-state index < -0.39 is 11.8 Å². The number of hydrogen-bond donors (Lipinski definition) is 3. The molecule has 38 heavy (non-hydrogen) atoms. The molecule has 3 N–H and O–H groups in total. The number of hydrogen-bond acceptors (Lipinski definition) is 7. The zero-order chi connectivity index (χ0) is 27.7. The Morgan fingerprint density at radius 1 is 0.974 bits per heavy atom. The predicted molar refractivity (Wildman–Crippen MR) is 148 cm³/mol. The van der Waals surface area contributed by atoms with Crippen LogP contribution in [0.3, 0.4) is 0 Å². The number of carbonyl (C=O) groups is 3. The van der Waals surface area contributed by atoms with Crippen molar-refractivity contribution in [2.24, 2.45) is 5.10 Å². The fourth-order valence-electron chi connectivity index (χ4n) is 3.09. The Bertz CT molecular complexity index is 1360. The zero-order valence-corrected chi connectivity index (χ0v) is 23.0. The number of nitrogens with one attached hydrogen (secondary N) is 3. The summed E-state index contributed by atoms with van der Waals surface area (Å²) in [4.78, 5) is 36.5. The molecule has 0 unspecified atom stereocenters. The van der Waals surface area contributed by atoms with Gasteiger partial charge in [0.1, 0.15) is 5.75 Å². The molecule has 3 aromatic carbocycles. The Balaban J connectivity index is 1.58. The second kappa shape index (κ2) is 13.5. The highest BCUT2D eigenvalue weighted by Crippen LogP contribution is 2.36. The van der Waals surface area contributed by atoms with Crippen molar-refractivity contribution in [2.45, 2.75) is 6.92 Å². The van der Waals surface area contributed by atoms with Crippen LogP contribution in [0.1, 0.15) is 11.1 Å². The highest BCUT2D eigenvalue weighted by Gasteiger charge is 2.15. The summed E-state index contributed by atoms with van der Waals surface area (Å²) in [5.41, 5.74) is 4.55. The van der Waals surface area contributed by atoms with Crippen LogP contribution in [0.25, 0.3) is 0 Å². The van der Waals surface area contributed by atoms with Gasteiger partial charge < -0.3 is 24.8 Å². The molecule has 3 aromatic rings. The zero-order valence-electron chi connectivity index (χ0n) is 20.6. The number of nitrogens with zero attached hydrogens (tertiary/aromatic N) is 1. The van der Waals surface area contributed by atoms with Gasteiger partial charge in [0.2, 0.25) is 0 Å². The van der Waals surface area contributed by atoms with Crippen molar-refractivity contribution in [3.63, 3.8) is 0 Å². The molecular formula is C26H24BrClN4O6. The van der Waals surface area contributed by atoms with Gasteiger partial charge in [0.05, 0.1) is 24.9 Å². The van der Waals surface area contributed by atoms with Crippen LogP contribution in [0.15, 0.2) is 64.2 Å².